The number of likely N-dealkylation sites (tertiary alicyclic amines) is 1. The van der Waals surface area contributed by atoms with E-state index >= 15 is 0 Å². The molecule has 1 atom stereocenters. The summed E-state index contributed by atoms with van der Waals surface area (Å²) >= 11 is 12.0. The average Bonchev–Trinajstić information content (AvgIpc) is 2.48. The largest absolute Gasteiger partial charge is 0.467 e. The third-order valence-electron chi connectivity index (χ3n) is 3.42. The summed E-state index contributed by atoms with van der Waals surface area (Å²) in [7, 11) is 1.33. The van der Waals surface area contributed by atoms with Crippen LogP contribution in [0, 0.1) is 0 Å². The van der Waals surface area contributed by atoms with Gasteiger partial charge in [0.25, 0.3) is 5.91 Å². The third kappa shape index (κ3) is 2.91. The zero-order chi connectivity index (χ0) is 14.7. The lowest BCUT2D eigenvalue weighted by molar-refractivity contribution is -0.147. The Morgan fingerprint density at radius 2 is 2.05 bits per heavy atom. The standard InChI is InChI=1S/C14H15Cl2NO3/c1-20-14(19)11-7-2-3-8-17(11)13(18)9-5-4-6-10(15)12(9)16/h4-6,11H,2-3,7-8H2,1H3. The number of benzene rings is 1. The van der Waals surface area contributed by atoms with Crippen molar-refractivity contribution in [2.75, 3.05) is 13.7 Å². The Hall–Kier alpha value is -1.26. The van der Waals surface area contributed by atoms with Crippen LogP contribution in [-0.2, 0) is 9.53 Å². The summed E-state index contributed by atoms with van der Waals surface area (Å²) in [5, 5.41) is 0.539. The fraction of sp³-hybridized carbons (Fsp3) is 0.429. The maximum Gasteiger partial charge on any atom is 0.328 e. The highest BCUT2D eigenvalue weighted by atomic mass is 35.5. The first kappa shape index (κ1) is 15.1. The van der Waals surface area contributed by atoms with Crippen molar-refractivity contribution in [3.05, 3.63) is 33.8 Å². The molecule has 20 heavy (non-hydrogen) atoms. The highest BCUT2D eigenvalue weighted by molar-refractivity contribution is 6.43. The van der Waals surface area contributed by atoms with Crippen molar-refractivity contribution in [1.82, 2.24) is 4.90 Å². The van der Waals surface area contributed by atoms with Gasteiger partial charge in [-0.3, -0.25) is 4.79 Å². The topological polar surface area (TPSA) is 46.6 Å². The molecule has 0 saturated carbocycles. The van der Waals surface area contributed by atoms with Crippen LogP contribution in [0.1, 0.15) is 29.6 Å². The normalized spacial score (nSPS) is 18.8. The number of halogens is 2. The summed E-state index contributed by atoms with van der Waals surface area (Å²) in [5.74, 6) is -0.677. The Bertz CT molecular complexity index is 533. The van der Waals surface area contributed by atoms with Crippen LogP contribution in [0.2, 0.25) is 10.0 Å². The lowest BCUT2D eigenvalue weighted by atomic mass is 10.0. The number of esters is 1. The molecule has 1 unspecified atom stereocenters. The summed E-state index contributed by atoms with van der Waals surface area (Å²) in [5.41, 5.74) is 0.315. The quantitative estimate of drug-likeness (QED) is 0.787. The zero-order valence-electron chi connectivity index (χ0n) is 11.1. The number of hydrogen-bond donors (Lipinski definition) is 0. The fourth-order valence-corrected chi connectivity index (χ4v) is 2.76. The lowest BCUT2D eigenvalue weighted by Gasteiger charge is -2.34. The molecule has 1 heterocycles. The number of rotatable bonds is 2. The Labute approximate surface area is 127 Å². The van der Waals surface area contributed by atoms with Gasteiger partial charge < -0.3 is 9.64 Å². The molecule has 2 rings (SSSR count). The first-order valence-electron chi connectivity index (χ1n) is 6.39. The maximum atomic E-state index is 12.6. The predicted molar refractivity (Wildman–Crippen MR) is 77.2 cm³/mol. The van der Waals surface area contributed by atoms with Gasteiger partial charge in [0.05, 0.1) is 22.7 Å². The summed E-state index contributed by atoms with van der Waals surface area (Å²) in [4.78, 5) is 25.9. The van der Waals surface area contributed by atoms with Gasteiger partial charge in [-0.1, -0.05) is 29.3 Å². The first-order chi connectivity index (χ1) is 9.56. The minimum atomic E-state index is -0.545. The Morgan fingerprint density at radius 1 is 1.30 bits per heavy atom. The second-order valence-electron chi connectivity index (χ2n) is 4.63. The zero-order valence-corrected chi connectivity index (χ0v) is 12.6. The molecule has 108 valence electrons. The molecule has 1 amide bonds. The molecular formula is C14H15Cl2NO3. The van der Waals surface area contributed by atoms with E-state index in [1.165, 1.54) is 12.0 Å². The van der Waals surface area contributed by atoms with Gasteiger partial charge >= 0.3 is 5.97 Å². The second-order valence-corrected chi connectivity index (χ2v) is 5.42. The molecule has 0 aliphatic carbocycles. The molecule has 0 bridgehead atoms. The van der Waals surface area contributed by atoms with Crippen LogP contribution in [0.25, 0.3) is 0 Å². The first-order valence-corrected chi connectivity index (χ1v) is 7.14. The molecular weight excluding hydrogens is 301 g/mol. The van der Waals surface area contributed by atoms with Crippen LogP contribution in [0.4, 0.5) is 0 Å². The van der Waals surface area contributed by atoms with Gasteiger partial charge in [-0.05, 0) is 31.4 Å². The van der Waals surface area contributed by atoms with E-state index in [-0.39, 0.29) is 10.9 Å². The summed E-state index contributed by atoms with van der Waals surface area (Å²) < 4.78 is 4.77. The molecule has 1 saturated heterocycles. The molecule has 0 spiro atoms. The van der Waals surface area contributed by atoms with Gasteiger partial charge in [0, 0.05) is 6.54 Å². The minimum Gasteiger partial charge on any atom is -0.467 e. The van der Waals surface area contributed by atoms with Crippen LogP contribution >= 0.6 is 23.2 Å². The van der Waals surface area contributed by atoms with Crippen LogP contribution < -0.4 is 0 Å². The van der Waals surface area contributed by atoms with E-state index in [1.54, 1.807) is 18.2 Å². The SMILES string of the molecule is COC(=O)C1CCCCN1C(=O)c1cccc(Cl)c1Cl. The van der Waals surface area contributed by atoms with E-state index in [0.29, 0.717) is 23.6 Å². The lowest BCUT2D eigenvalue weighted by Crippen LogP contribution is -2.48. The second kappa shape index (κ2) is 6.46. The predicted octanol–water partition coefficient (Wildman–Crippen LogP) is 3.16. The van der Waals surface area contributed by atoms with Crippen LogP contribution in [0.3, 0.4) is 0 Å². The number of amides is 1. The molecule has 0 radical (unpaired) electrons. The van der Waals surface area contributed by atoms with Gasteiger partial charge in [0.2, 0.25) is 0 Å². The molecule has 1 aromatic rings. The number of piperidine rings is 1. The molecule has 6 heteroatoms. The summed E-state index contributed by atoms with van der Waals surface area (Å²) in [6.07, 6.45) is 2.36. The number of carbonyl (C=O) groups excluding carboxylic acids is 2. The van der Waals surface area contributed by atoms with Crippen molar-refractivity contribution >= 4 is 35.1 Å². The Balaban J connectivity index is 2.30. The Kier molecular flexibility index (Phi) is 4.89. The van der Waals surface area contributed by atoms with E-state index in [1.807, 2.05) is 0 Å². The minimum absolute atomic E-state index is 0.216. The van der Waals surface area contributed by atoms with Crippen LogP contribution in [0.5, 0.6) is 0 Å². The van der Waals surface area contributed by atoms with Crippen molar-refractivity contribution in [2.45, 2.75) is 25.3 Å². The van der Waals surface area contributed by atoms with Crippen molar-refractivity contribution in [3.63, 3.8) is 0 Å². The molecule has 1 aliphatic heterocycles. The van der Waals surface area contributed by atoms with Crippen LogP contribution in [0.15, 0.2) is 18.2 Å². The fourth-order valence-electron chi connectivity index (χ4n) is 2.38. The molecule has 4 nitrogen and oxygen atoms in total. The van der Waals surface area contributed by atoms with Crippen molar-refractivity contribution in [2.24, 2.45) is 0 Å². The molecule has 1 aliphatic rings. The highest BCUT2D eigenvalue weighted by Crippen LogP contribution is 2.28. The molecule has 0 N–H and O–H groups in total. The van der Waals surface area contributed by atoms with E-state index in [2.05, 4.69) is 0 Å². The van der Waals surface area contributed by atoms with E-state index < -0.39 is 12.0 Å². The number of carbonyl (C=O) groups is 2. The van der Waals surface area contributed by atoms with E-state index in [0.717, 1.165) is 12.8 Å². The van der Waals surface area contributed by atoms with Crippen molar-refractivity contribution in [1.29, 1.82) is 0 Å². The van der Waals surface area contributed by atoms with Gasteiger partial charge in [-0.15, -0.1) is 0 Å². The monoisotopic (exact) mass is 315 g/mol. The van der Waals surface area contributed by atoms with E-state index in [9.17, 15) is 9.59 Å². The summed E-state index contributed by atoms with van der Waals surface area (Å²) in [6.45, 7) is 0.515. The third-order valence-corrected chi connectivity index (χ3v) is 4.24. The molecule has 0 aromatic heterocycles. The van der Waals surface area contributed by atoms with Crippen molar-refractivity contribution in [3.8, 4) is 0 Å². The molecule has 1 fully saturated rings. The summed E-state index contributed by atoms with van der Waals surface area (Å²) in [6, 6.07) is 4.35. The number of nitrogens with zero attached hydrogens (tertiary/aromatic N) is 1. The van der Waals surface area contributed by atoms with E-state index in [4.69, 9.17) is 27.9 Å². The van der Waals surface area contributed by atoms with Gasteiger partial charge in [0.1, 0.15) is 6.04 Å². The smallest absolute Gasteiger partial charge is 0.328 e. The number of ether oxygens (including phenoxy) is 1. The average molecular weight is 316 g/mol. The maximum absolute atomic E-state index is 12.6. The highest BCUT2D eigenvalue weighted by Gasteiger charge is 2.34. The number of methoxy groups -OCH3 is 1. The van der Waals surface area contributed by atoms with Crippen molar-refractivity contribution < 1.29 is 14.3 Å². The van der Waals surface area contributed by atoms with Crippen LogP contribution in [-0.4, -0.2) is 36.5 Å². The Morgan fingerprint density at radius 3 is 2.75 bits per heavy atom. The van der Waals surface area contributed by atoms with Gasteiger partial charge in [0.15, 0.2) is 0 Å². The number of hydrogen-bond acceptors (Lipinski definition) is 3. The van der Waals surface area contributed by atoms with Gasteiger partial charge in [-0.25, -0.2) is 4.79 Å². The van der Waals surface area contributed by atoms with Gasteiger partial charge in [-0.2, -0.15) is 0 Å². The molecule has 1 aromatic carbocycles.